The molecule has 0 aliphatic heterocycles. The number of anilines is 1. The van der Waals surface area contributed by atoms with Crippen LogP contribution in [0.5, 0.6) is 0 Å². The number of benzene rings is 2. The first-order chi connectivity index (χ1) is 13.6. The largest absolute Gasteiger partial charge is 0.366 e. The number of aromatic nitrogens is 3. The number of hydrogen-bond donors (Lipinski definition) is 1. The van der Waals surface area contributed by atoms with Gasteiger partial charge in [0, 0.05) is 29.4 Å². The van der Waals surface area contributed by atoms with Crippen molar-refractivity contribution in [2.45, 2.75) is 19.5 Å². The number of rotatable bonds is 5. The first-order valence-electron chi connectivity index (χ1n) is 8.97. The van der Waals surface area contributed by atoms with Gasteiger partial charge >= 0.3 is 0 Å². The molecule has 6 heteroatoms. The third kappa shape index (κ3) is 3.83. The van der Waals surface area contributed by atoms with Crippen LogP contribution in [0.4, 0.5) is 5.82 Å². The molecule has 2 heterocycles. The van der Waals surface area contributed by atoms with Crippen LogP contribution >= 0.6 is 11.6 Å². The maximum Gasteiger partial charge on any atom is 0.126 e. The zero-order chi connectivity index (χ0) is 19.5. The van der Waals surface area contributed by atoms with E-state index in [4.69, 9.17) is 16.9 Å². The molecule has 1 N–H and O–H groups in total. The van der Waals surface area contributed by atoms with Crippen molar-refractivity contribution in [1.82, 2.24) is 14.8 Å². The van der Waals surface area contributed by atoms with E-state index in [1.807, 2.05) is 41.3 Å². The highest BCUT2D eigenvalue weighted by Crippen LogP contribution is 2.24. The predicted octanol–water partition coefficient (Wildman–Crippen LogP) is 5.12. The molecule has 0 radical (unpaired) electrons. The molecule has 0 saturated heterocycles. The molecule has 0 saturated carbocycles. The van der Waals surface area contributed by atoms with Crippen molar-refractivity contribution < 1.29 is 0 Å². The minimum absolute atomic E-state index is 0.144. The Morgan fingerprint density at radius 2 is 1.96 bits per heavy atom. The number of nitriles is 1. The molecule has 138 valence electrons. The summed E-state index contributed by atoms with van der Waals surface area (Å²) in [6, 6.07) is 19.7. The van der Waals surface area contributed by atoms with E-state index < -0.39 is 0 Å². The maximum atomic E-state index is 9.00. The second-order valence-electron chi connectivity index (χ2n) is 6.69. The van der Waals surface area contributed by atoms with Gasteiger partial charge in [0.25, 0.3) is 0 Å². The molecule has 0 fully saturated rings. The lowest BCUT2D eigenvalue weighted by Gasteiger charge is -2.15. The summed E-state index contributed by atoms with van der Waals surface area (Å²) < 4.78 is 1.89. The summed E-state index contributed by atoms with van der Waals surface area (Å²) in [4.78, 5) is 4.49. The van der Waals surface area contributed by atoms with E-state index in [0.717, 1.165) is 27.8 Å². The van der Waals surface area contributed by atoms with Crippen LogP contribution in [0.1, 0.15) is 12.5 Å². The lowest BCUT2D eigenvalue weighted by Crippen LogP contribution is -2.22. The molecular weight excluding hydrogens is 370 g/mol. The van der Waals surface area contributed by atoms with Gasteiger partial charge in [-0.05, 0) is 36.6 Å². The first kappa shape index (κ1) is 18.0. The summed E-state index contributed by atoms with van der Waals surface area (Å²) in [6.07, 6.45) is 3.82. The maximum absolute atomic E-state index is 9.00. The Morgan fingerprint density at radius 1 is 1.14 bits per heavy atom. The van der Waals surface area contributed by atoms with Crippen molar-refractivity contribution >= 4 is 28.2 Å². The topological polar surface area (TPSA) is 66.5 Å². The second-order valence-corrected chi connectivity index (χ2v) is 7.10. The summed E-state index contributed by atoms with van der Waals surface area (Å²) in [5.41, 5.74) is 2.17. The summed E-state index contributed by atoms with van der Waals surface area (Å²) >= 11 is 6.13. The summed E-state index contributed by atoms with van der Waals surface area (Å²) in [7, 11) is 0. The average molecular weight is 388 g/mol. The van der Waals surface area contributed by atoms with Gasteiger partial charge in [-0.2, -0.15) is 10.4 Å². The normalized spacial score (nSPS) is 11.9. The van der Waals surface area contributed by atoms with Crippen LogP contribution in [0.3, 0.4) is 0 Å². The molecule has 4 rings (SSSR count). The zero-order valence-electron chi connectivity index (χ0n) is 15.3. The molecule has 4 aromatic rings. The monoisotopic (exact) mass is 387 g/mol. The second kappa shape index (κ2) is 7.71. The van der Waals surface area contributed by atoms with Crippen LogP contribution in [-0.2, 0) is 6.54 Å². The number of nitrogens with one attached hydrogen (secondary N) is 1. The molecule has 5 nitrogen and oxygen atoms in total. The van der Waals surface area contributed by atoms with E-state index in [1.54, 1.807) is 12.1 Å². The van der Waals surface area contributed by atoms with Crippen LogP contribution in [0, 0.1) is 11.3 Å². The molecule has 0 aliphatic rings. The molecule has 2 aromatic heterocycles. The van der Waals surface area contributed by atoms with Gasteiger partial charge in [0.1, 0.15) is 11.9 Å². The fourth-order valence-corrected chi connectivity index (χ4v) is 3.35. The van der Waals surface area contributed by atoms with E-state index in [0.29, 0.717) is 17.1 Å². The highest BCUT2D eigenvalue weighted by atomic mass is 35.5. The van der Waals surface area contributed by atoms with Crippen molar-refractivity contribution in [1.29, 1.82) is 5.26 Å². The van der Waals surface area contributed by atoms with E-state index in [-0.39, 0.29) is 6.04 Å². The minimum Gasteiger partial charge on any atom is -0.366 e. The summed E-state index contributed by atoms with van der Waals surface area (Å²) in [6.45, 7) is 2.79. The SMILES string of the molecule is C[C@@H](Cn1ccc(-c2ccc(C#N)c(Cl)c2)n1)Nc1cc2ccccc2cn1. The van der Waals surface area contributed by atoms with E-state index >= 15 is 0 Å². The smallest absolute Gasteiger partial charge is 0.126 e. The highest BCUT2D eigenvalue weighted by molar-refractivity contribution is 6.32. The fraction of sp³-hybridized carbons (Fsp3) is 0.136. The van der Waals surface area contributed by atoms with Crippen molar-refractivity contribution in [2.75, 3.05) is 5.32 Å². The highest BCUT2D eigenvalue weighted by Gasteiger charge is 2.09. The Morgan fingerprint density at radius 3 is 2.75 bits per heavy atom. The van der Waals surface area contributed by atoms with Gasteiger partial charge in [0.05, 0.1) is 22.8 Å². The summed E-state index contributed by atoms with van der Waals surface area (Å²) in [5, 5.41) is 19.8. The third-order valence-corrected chi connectivity index (χ3v) is 4.82. The van der Waals surface area contributed by atoms with Crippen LogP contribution in [0.25, 0.3) is 22.0 Å². The number of halogens is 1. The van der Waals surface area contributed by atoms with Crippen molar-refractivity contribution in [3.05, 3.63) is 77.6 Å². The standard InChI is InChI=1S/C22H18ClN5/c1-15(26-22-11-16-4-2-3-5-19(16)13-25-22)14-28-9-8-21(27-28)17-6-7-18(12-24)20(23)10-17/h2-11,13,15H,14H2,1H3,(H,25,26)/t15-/m0/s1. The molecular formula is C22H18ClN5. The van der Waals surface area contributed by atoms with Gasteiger partial charge in [-0.3, -0.25) is 4.68 Å². The molecule has 2 aromatic carbocycles. The van der Waals surface area contributed by atoms with Crippen LogP contribution in [0.15, 0.2) is 67.0 Å². The van der Waals surface area contributed by atoms with Gasteiger partial charge in [0.15, 0.2) is 0 Å². The van der Waals surface area contributed by atoms with E-state index in [1.165, 1.54) is 0 Å². The molecule has 0 aliphatic carbocycles. The van der Waals surface area contributed by atoms with E-state index in [9.17, 15) is 0 Å². The lowest BCUT2D eigenvalue weighted by molar-refractivity contribution is 0.561. The van der Waals surface area contributed by atoms with Gasteiger partial charge in [-0.1, -0.05) is 41.9 Å². The van der Waals surface area contributed by atoms with Crippen LogP contribution < -0.4 is 5.32 Å². The zero-order valence-corrected chi connectivity index (χ0v) is 16.1. The molecule has 0 unspecified atom stereocenters. The lowest BCUT2D eigenvalue weighted by atomic mass is 10.1. The van der Waals surface area contributed by atoms with E-state index in [2.05, 4.69) is 46.6 Å². The molecule has 0 amide bonds. The van der Waals surface area contributed by atoms with Gasteiger partial charge in [-0.15, -0.1) is 0 Å². The Kier molecular flexibility index (Phi) is 4.96. The van der Waals surface area contributed by atoms with Gasteiger partial charge in [-0.25, -0.2) is 4.98 Å². The Balaban J connectivity index is 1.45. The Bertz CT molecular complexity index is 1170. The average Bonchev–Trinajstić information content (AvgIpc) is 3.16. The number of fused-ring (bicyclic) bond motifs is 1. The van der Waals surface area contributed by atoms with Crippen molar-refractivity contribution in [2.24, 2.45) is 0 Å². The van der Waals surface area contributed by atoms with Crippen LogP contribution in [-0.4, -0.2) is 20.8 Å². The Labute approximate surface area is 168 Å². The Hall–Kier alpha value is -3.36. The van der Waals surface area contributed by atoms with Gasteiger partial charge in [0.2, 0.25) is 0 Å². The molecule has 0 spiro atoms. The number of nitrogens with zero attached hydrogens (tertiary/aromatic N) is 4. The quantitative estimate of drug-likeness (QED) is 0.515. The molecule has 0 bridgehead atoms. The first-order valence-corrected chi connectivity index (χ1v) is 9.35. The third-order valence-electron chi connectivity index (χ3n) is 4.51. The number of hydrogen-bond acceptors (Lipinski definition) is 4. The molecule has 28 heavy (non-hydrogen) atoms. The minimum atomic E-state index is 0.144. The number of pyridine rings is 1. The summed E-state index contributed by atoms with van der Waals surface area (Å²) in [5.74, 6) is 0.845. The van der Waals surface area contributed by atoms with Crippen molar-refractivity contribution in [3.63, 3.8) is 0 Å². The van der Waals surface area contributed by atoms with Crippen molar-refractivity contribution in [3.8, 4) is 17.3 Å². The molecule has 1 atom stereocenters. The predicted molar refractivity (Wildman–Crippen MR) is 112 cm³/mol. The fourth-order valence-electron chi connectivity index (χ4n) is 3.12. The van der Waals surface area contributed by atoms with Gasteiger partial charge < -0.3 is 5.32 Å². The van der Waals surface area contributed by atoms with Crippen LogP contribution in [0.2, 0.25) is 5.02 Å².